The number of hydrogen-bond donors (Lipinski definition) is 1. The molecule has 0 unspecified atom stereocenters. The molecule has 124 valence electrons. The Morgan fingerprint density at radius 3 is 2.60 bits per heavy atom. The summed E-state index contributed by atoms with van der Waals surface area (Å²) in [4.78, 5) is 0. The number of aromatic nitrogens is 3. The maximum absolute atomic E-state index is 9.24. The van der Waals surface area contributed by atoms with Crippen LogP contribution in [0.2, 0.25) is 0 Å². The molecule has 1 aliphatic carbocycles. The van der Waals surface area contributed by atoms with Gasteiger partial charge in [-0.3, -0.25) is 4.57 Å². The predicted octanol–water partition coefficient (Wildman–Crippen LogP) is 4.03. The van der Waals surface area contributed by atoms with Crippen LogP contribution in [0, 0.1) is 11.3 Å². The van der Waals surface area contributed by atoms with Gasteiger partial charge in [0.15, 0.2) is 5.16 Å². The van der Waals surface area contributed by atoms with Gasteiger partial charge < -0.3 is 5.73 Å². The molecule has 1 heterocycles. The van der Waals surface area contributed by atoms with Crippen LogP contribution < -0.4 is 5.73 Å². The van der Waals surface area contributed by atoms with Crippen molar-refractivity contribution in [1.82, 2.24) is 14.8 Å². The van der Waals surface area contributed by atoms with E-state index in [1.165, 1.54) is 5.56 Å². The largest absolute Gasteiger partial charge is 0.368 e. The minimum Gasteiger partial charge on any atom is -0.368 e. The summed E-state index contributed by atoms with van der Waals surface area (Å²) in [5.74, 6) is 1.32. The van der Waals surface area contributed by atoms with Gasteiger partial charge in [0.2, 0.25) is 5.95 Å². The van der Waals surface area contributed by atoms with Crippen LogP contribution in [0.5, 0.6) is 0 Å². The molecule has 1 saturated carbocycles. The van der Waals surface area contributed by atoms with Gasteiger partial charge in [0.1, 0.15) is 0 Å². The zero-order valence-electron chi connectivity index (χ0n) is 13.6. The van der Waals surface area contributed by atoms with Gasteiger partial charge >= 0.3 is 0 Å². The van der Waals surface area contributed by atoms with Gasteiger partial charge in [-0.15, -0.1) is 10.2 Å². The Bertz CT molecular complexity index is 935. The minimum atomic E-state index is 0.474. The molecule has 25 heavy (non-hydrogen) atoms. The Balaban J connectivity index is 1.49. The summed E-state index contributed by atoms with van der Waals surface area (Å²) in [6, 6.07) is 18.7. The van der Waals surface area contributed by atoms with E-state index in [1.807, 2.05) is 28.8 Å². The first kappa shape index (κ1) is 15.7. The third-order valence-electron chi connectivity index (χ3n) is 4.28. The zero-order valence-corrected chi connectivity index (χ0v) is 14.4. The molecule has 1 aliphatic rings. The highest BCUT2D eigenvalue weighted by atomic mass is 32.2. The van der Waals surface area contributed by atoms with Gasteiger partial charge in [-0.2, -0.15) is 5.26 Å². The summed E-state index contributed by atoms with van der Waals surface area (Å²) in [7, 11) is 0. The lowest BCUT2D eigenvalue weighted by atomic mass is 10.00. The second-order valence-corrected chi connectivity index (χ2v) is 7.03. The average Bonchev–Trinajstić information content (AvgIpc) is 3.43. The highest BCUT2D eigenvalue weighted by molar-refractivity contribution is 7.98. The molecule has 6 heteroatoms. The van der Waals surface area contributed by atoms with Crippen LogP contribution in [0.3, 0.4) is 0 Å². The van der Waals surface area contributed by atoms with Crippen LogP contribution in [0.15, 0.2) is 53.7 Å². The molecule has 3 aromatic rings. The van der Waals surface area contributed by atoms with Crippen molar-refractivity contribution in [3.05, 3.63) is 59.7 Å². The minimum absolute atomic E-state index is 0.474. The second kappa shape index (κ2) is 6.61. The summed E-state index contributed by atoms with van der Waals surface area (Å²) in [5, 5.41) is 18.3. The van der Waals surface area contributed by atoms with Crippen LogP contribution in [-0.4, -0.2) is 14.8 Å². The lowest BCUT2D eigenvalue weighted by Gasteiger charge is -2.07. The molecule has 4 rings (SSSR count). The molecule has 0 radical (unpaired) electrons. The molecule has 0 aliphatic heterocycles. The maximum Gasteiger partial charge on any atom is 0.222 e. The van der Waals surface area contributed by atoms with Crippen molar-refractivity contribution in [3.8, 4) is 17.2 Å². The fourth-order valence-corrected chi connectivity index (χ4v) is 3.79. The summed E-state index contributed by atoms with van der Waals surface area (Å²) in [6.45, 7) is 0. The van der Waals surface area contributed by atoms with Crippen molar-refractivity contribution in [2.75, 3.05) is 5.73 Å². The number of thioether (sulfide) groups is 1. The Labute approximate surface area is 150 Å². The lowest BCUT2D eigenvalue weighted by Crippen LogP contribution is -2.02. The zero-order chi connectivity index (χ0) is 17.2. The van der Waals surface area contributed by atoms with Crippen molar-refractivity contribution in [2.45, 2.75) is 29.8 Å². The number of nitriles is 1. The van der Waals surface area contributed by atoms with Crippen LogP contribution in [0.1, 0.15) is 30.0 Å². The number of nitrogens with two attached hydrogens (primary N) is 1. The molecule has 0 atom stereocenters. The summed E-state index contributed by atoms with van der Waals surface area (Å²) >= 11 is 1.66. The molecule has 2 N–H and O–H groups in total. The van der Waals surface area contributed by atoms with E-state index in [9.17, 15) is 5.26 Å². The highest BCUT2D eigenvalue weighted by Gasteiger charge is 2.28. The molecule has 0 saturated heterocycles. The topological polar surface area (TPSA) is 80.5 Å². The van der Waals surface area contributed by atoms with Crippen molar-refractivity contribution < 1.29 is 0 Å². The fraction of sp³-hybridized carbons (Fsp3) is 0.211. The molecule has 0 spiro atoms. The number of nitrogens with zero attached hydrogens (tertiary/aromatic N) is 4. The van der Waals surface area contributed by atoms with E-state index in [0.29, 0.717) is 17.6 Å². The van der Waals surface area contributed by atoms with Gasteiger partial charge in [-0.25, -0.2) is 0 Å². The molecular weight excluding hydrogens is 330 g/mol. The van der Waals surface area contributed by atoms with Crippen molar-refractivity contribution in [2.24, 2.45) is 0 Å². The van der Waals surface area contributed by atoms with Gasteiger partial charge in [-0.05, 0) is 35.6 Å². The van der Waals surface area contributed by atoms with E-state index in [4.69, 9.17) is 5.73 Å². The van der Waals surface area contributed by atoms with Crippen LogP contribution in [0.4, 0.5) is 5.95 Å². The number of hydrogen-bond acceptors (Lipinski definition) is 5. The average molecular weight is 347 g/mol. The van der Waals surface area contributed by atoms with Gasteiger partial charge in [-0.1, -0.05) is 54.2 Å². The Morgan fingerprint density at radius 2 is 1.88 bits per heavy atom. The van der Waals surface area contributed by atoms with Crippen molar-refractivity contribution >= 4 is 17.7 Å². The normalized spacial score (nSPS) is 13.6. The standard InChI is InChI=1S/C19H17N5S/c20-11-15-3-1-2-4-17(15)14-7-5-13(6-8-14)12-25-19-23-22-18(21)24(19)16-9-10-16/h1-8,16H,9-10,12H2,(H2,21,22). The Hall–Kier alpha value is -2.78. The quantitative estimate of drug-likeness (QED) is 0.705. The maximum atomic E-state index is 9.24. The van der Waals surface area contributed by atoms with Crippen LogP contribution in [0.25, 0.3) is 11.1 Å². The molecule has 1 fully saturated rings. The third kappa shape index (κ3) is 3.24. The van der Waals surface area contributed by atoms with Gasteiger partial charge in [0, 0.05) is 11.8 Å². The Morgan fingerprint density at radius 1 is 1.12 bits per heavy atom. The molecular formula is C19H17N5S. The third-order valence-corrected chi connectivity index (χ3v) is 5.30. The smallest absolute Gasteiger partial charge is 0.222 e. The van der Waals surface area contributed by atoms with Gasteiger partial charge in [0.05, 0.1) is 11.6 Å². The first-order chi connectivity index (χ1) is 12.3. The van der Waals surface area contributed by atoms with E-state index >= 15 is 0 Å². The first-order valence-corrected chi connectivity index (χ1v) is 9.16. The lowest BCUT2D eigenvalue weighted by molar-refractivity contribution is 0.671. The molecule has 0 bridgehead atoms. The van der Waals surface area contributed by atoms with E-state index in [1.54, 1.807) is 11.8 Å². The summed E-state index contributed by atoms with van der Waals surface area (Å²) < 4.78 is 2.04. The second-order valence-electron chi connectivity index (χ2n) is 6.08. The number of benzene rings is 2. The van der Waals surface area contributed by atoms with Crippen molar-refractivity contribution in [3.63, 3.8) is 0 Å². The number of rotatable bonds is 5. The molecule has 0 amide bonds. The van der Waals surface area contributed by atoms with Crippen LogP contribution >= 0.6 is 11.8 Å². The van der Waals surface area contributed by atoms with Crippen LogP contribution in [-0.2, 0) is 5.75 Å². The SMILES string of the molecule is N#Cc1ccccc1-c1ccc(CSc2nnc(N)n2C2CC2)cc1. The number of anilines is 1. The highest BCUT2D eigenvalue weighted by Crippen LogP contribution is 2.39. The van der Waals surface area contributed by atoms with E-state index in [0.717, 1.165) is 34.9 Å². The summed E-state index contributed by atoms with van der Waals surface area (Å²) in [6.07, 6.45) is 2.31. The molecule has 2 aromatic carbocycles. The monoisotopic (exact) mass is 347 g/mol. The Kier molecular flexibility index (Phi) is 4.16. The van der Waals surface area contributed by atoms with E-state index < -0.39 is 0 Å². The molecule has 1 aromatic heterocycles. The first-order valence-electron chi connectivity index (χ1n) is 8.18. The van der Waals surface area contributed by atoms with E-state index in [2.05, 4.69) is 40.5 Å². The van der Waals surface area contributed by atoms with Gasteiger partial charge in [0.25, 0.3) is 0 Å². The fourth-order valence-electron chi connectivity index (χ4n) is 2.82. The summed E-state index contributed by atoms with van der Waals surface area (Å²) in [5.41, 5.74) is 9.82. The van der Waals surface area contributed by atoms with E-state index in [-0.39, 0.29) is 0 Å². The number of nitrogen functional groups attached to an aromatic ring is 1. The van der Waals surface area contributed by atoms with Crippen molar-refractivity contribution in [1.29, 1.82) is 5.26 Å². The molecule has 5 nitrogen and oxygen atoms in total. The predicted molar refractivity (Wildman–Crippen MR) is 98.9 cm³/mol.